The van der Waals surface area contributed by atoms with E-state index in [4.69, 9.17) is 9.47 Å². The Morgan fingerprint density at radius 3 is 2.35 bits per heavy atom. The molecular formula is C20H24N2O4. The van der Waals surface area contributed by atoms with E-state index in [9.17, 15) is 9.90 Å². The summed E-state index contributed by atoms with van der Waals surface area (Å²) in [5, 5.41) is 12.8. The normalized spacial score (nSPS) is 20.0. The molecule has 0 aliphatic heterocycles. The van der Waals surface area contributed by atoms with E-state index in [0.717, 1.165) is 5.56 Å². The topological polar surface area (TPSA) is 80.7 Å². The van der Waals surface area contributed by atoms with Crippen LogP contribution in [0, 0.1) is 5.92 Å². The van der Waals surface area contributed by atoms with Crippen LogP contribution >= 0.6 is 0 Å². The third kappa shape index (κ3) is 4.32. The fraction of sp³-hybridized carbons (Fsp3) is 0.400. The van der Waals surface area contributed by atoms with Gasteiger partial charge >= 0.3 is 0 Å². The summed E-state index contributed by atoms with van der Waals surface area (Å²) in [5.74, 6) is 1.22. The van der Waals surface area contributed by atoms with Crippen LogP contribution in [0.5, 0.6) is 11.5 Å². The van der Waals surface area contributed by atoms with Crippen molar-refractivity contribution in [3.8, 4) is 11.5 Å². The van der Waals surface area contributed by atoms with Gasteiger partial charge in [0, 0.05) is 30.1 Å². The Morgan fingerprint density at radius 1 is 1.19 bits per heavy atom. The molecule has 0 unspecified atom stereocenters. The number of nitrogens with one attached hydrogen (secondary N) is 1. The summed E-state index contributed by atoms with van der Waals surface area (Å²) in [5.41, 5.74) is 1.59. The molecule has 0 spiro atoms. The summed E-state index contributed by atoms with van der Waals surface area (Å²) in [7, 11) is 3.11. The van der Waals surface area contributed by atoms with Gasteiger partial charge in [-0.15, -0.1) is 0 Å². The zero-order valence-corrected chi connectivity index (χ0v) is 15.0. The second kappa shape index (κ2) is 8.19. The third-order valence-corrected chi connectivity index (χ3v) is 4.85. The number of pyridine rings is 1. The molecule has 1 fully saturated rings. The minimum Gasteiger partial charge on any atom is -0.497 e. The Balaban J connectivity index is 1.76. The van der Waals surface area contributed by atoms with E-state index >= 15 is 0 Å². The first-order valence-electron chi connectivity index (χ1n) is 8.70. The Morgan fingerprint density at radius 2 is 1.81 bits per heavy atom. The SMILES string of the molecule is COc1cc(OC)cc(C(=O)N[C@H](Cc2ccncc2)C2CC(O)C2)c1. The van der Waals surface area contributed by atoms with Gasteiger partial charge in [0.15, 0.2) is 0 Å². The monoisotopic (exact) mass is 356 g/mol. The van der Waals surface area contributed by atoms with E-state index in [0.29, 0.717) is 36.3 Å². The standard InChI is InChI=1S/C20H24N2O4/c1-25-17-10-15(11-18(12-17)26-2)20(24)22-19(14-8-16(23)9-14)7-13-3-5-21-6-4-13/h3-6,10-12,14,16,19,23H,7-9H2,1-2H3,(H,22,24)/t14?,16?,19-/m1/s1. The number of methoxy groups -OCH3 is 2. The van der Waals surface area contributed by atoms with Crippen LogP contribution in [0.1, 0.15) is 28.8 Å². The average molecular weight is 356 g/mol. The highest BCUT2D eigenvalue weighted by molar-refractivity contribution is 5.95. The summed E-state index contributed by atoms with van der Waals surface area (Å²) in [6.07, 6.45) is 5.34. The molecule has 2 N–H and O–H groups in total. The number of hydrogen-bond donors (Lipinski definition) is 2. The summed E-state index contributed by atoms with van der Waals surface area (Å²) in [6, 6.07) is 8.96. The lowest BCUT2D eigenvalue weighted by molar-refractivity contribution is 0.0239. The van der Waals surface area contributed by atoms with Crippen molar-refractivity contribution in [2.75, 3.05) is 14.2 Å². The molecular weight excluding hydrogens is 332 g/mol. The number of carbonyl (C=O) groups is 1. The zero-order chi connectivity index (χ0) is 18.5. The number of aliphatic hydroxyl groups excluding tert-OH is 1. The highest BCUT2D eigenvalue weighted by Crippen LogP contribution is 2.32. The second-order valence-corrected chi connectivity index (χ2v) is 6.63. The van der Waals surface area contributed by atoms with Gasteiger partial charge in [0.25, 0.3) is 5.91 Å². The number of hydrogen-bond acceptors (Lipinski definition) is 5. The fourth-order valence-corrected chi connectivity index (χ4v) is 3.26. The molecule has 1 saturated carbocycles. The molecule has 1 aromatic carbocycles. The van der Waals surface area contributed by atoms with Gasteiger partial charge < -0.3 is 19.9 Å². The van der Waals surface area contributed by atoms with Crippen LogP contribution in [0.3, 0.4) is 0 Å². The lowest BCUT2D eigenvalue weighted by Gasteiger charge is -2.38. The largest absolute Gasteiger partial charge is 0.497 e. The van der Waals surface area contributed by atoms with Gasteiger partial charge in [0.2, 0.25) is 0 Å². The average Bonchev–Trinajstić information content (AvgIpc) is 2.65. The summed E-state index contributed by atoms with van der Waals surface area (Å²) >= 11 is 0. The predicted molar refractivity (Wildman–Crippen MR) is 97.5 cm³/mol. The van der Waals surface area contributed by atoms with Gasteiger partial charge in [0.1, 0.15) is 11.5 Å². The number of amides is 1. The lowest BCUT2D eigenvalue weighted by Crippen LogP contribution is -2.48. The van der Waals surface area contributed by atoms with Crippen molar-refractivity contribution in [1.82, 2.24) is 10.3 Å². The van der Waals surface area contributed by atoms with Crippen molar-refractivity contribution >= 4 is 5.91 Å². The number of aliphatic hydroxyl groups is 1. The minimum atomic E-state index is -0.270. The maximum atomic E-state index is 12.8. The molecule has 0 radical (unpaired) electrons. The van der Waals surface area contributed by atoms with Crippen LogP contribution < -0.4 is 14.8 Å². The van der Waals surface area contributed by atoms with Crippen LogP contribution in [0.25, 0.3) is 0 Å². The van der Waals surface area contributed by atoms with Gasteiger partial charge in [-0.25, -0.2) is 0 Å². The van der Waals surface area contributed by atoms with Crippen molar-refractivity contribution in [2.45, 2.75) is 31.4 Å². The van der Waals surface area contributed by atoms with Crippen molar-refractivity contribution in [3.05, 3.63) is 53.9 Å². The molecule has 2 aromatic rings. The second-order valence-electron chi connectivity index (χ2n) is 6.63. The molecule has 138 valence electrons. The first kappa shape index (κ1) is 18.2. The summed E-state index contributed by atoms with van der Waals surface area (Å²) in [4.78, 5) is 16.8. The van der Waals surface area contributed by atoms with Crippen LogP contribution in [-0.4, -0.2) is 42.4 Å². The highest BCUT2D eigenvalue weighted by atomic mass is 16.5. The maximum Gasteiger partial charge on any atom is 0.251 e. The quantitative estimate of drug-likeness (QED) is 0.795. The number of nitrogens with zero attached hydrogens (tertiary/aromatic N) is 1. The molecule has 1 aliphatic carbocycles. The molecule has 3 rings (SSSR count). The number of benzene rings is 1. The molecule has 6 heteroatoms. The van der Waals surface area contributed by atoms with Gasteiger partial charge in [-0.05, 0) is 55.0 Å². The lowest BCUT2D eigenvalue weighted by atomic mass is 9.75. The first-order chi connectivity index (χ1) is 12.6. The van der Waals surface area contributed by atoms with Crippen molar-refractivity contribution in [2.24, 2.45) is 5.92 Å². The van der Waals surface area contributed by atoms with Crippen LogP contribution in [0.2, 0.25) is 0 Å². The maximum absolute atomic E-state index is 12.8. The predicted octanol–water partition coefficient (Wildman–Crippen LogP) is 2.21. The molecule has 6 nitrogen and oxygen atoms in total. The number of rotatable bonds is 7. The molecule has 0 saturated heterocycles. The Labute approximate surface area is 153 Å². The van der Waals surface area contributed by atoms with Gasteiger partial charge in [-0.3, -0.25) is 9.78 Å². The van der Waals surface area contributed by atoms with E-state index in [1.165, 1.54) is 0 Å². The molecule has 1 aromatic heterocycles. The van der Waals surface area contributed by atoms with E-state index in [1.54, 1.807) is 44.8 Å². The van der Waals surface area contributed by atoms with Crippen LogP contribution in [-0.2, 0) is 6.42 Å². The number of carbonyl (C=O) groups excluding carboxylic acids is 1. The molecule has 0 bridgehead atoms. The van der Waals surface area contributed by atoms with Crippen LogP contribution in [0.4, 0.5) is 0 Å². The minimum absolute atomic E-state index is 0.0505. The fourth-order valence-electron chi connectivity index (χ4n) is 3.26. The molecule has 1 atom stereocenters. The molecule has 1 heterocycles. The van der Waals surface area contributed by atoms with E-state index in [1.807, 2.05) is 12.1 Å². The Bertz CT molecular complexity index is 722. The number of ether oxygens (including phenoxy) is 2. The van der Waals surface area contributed by atoms with E-state index in [2.05, 4.69) is 10.3 Å². The van der Waals surface area contributed by atoms with Gasteiger partial charge in [0.05, 0.1) is 20.3 Å². The van der Waals surface area contributed by atoms with E-state index < -0.39 is 0 Å². The summed E-state index contributed by atoms with van der Waals surface area (Å²) in [6.45, 7) is 0. The third-order valence-electron chi connectivity index (χ3n) is 4.85. The Kier molecular flexibility index (Phi) is 5.73. The van der Waals surface area contributed by atoms with E-state index in [-0.39, 0.29) is 24.0 Å². The smallest absolute Gasteiger partial charge is 0.251 e. The van der Waals surface area contributed by atoms with Crippen molar-refractivity contribution < 1.29 is 19.4 Å². The van der Waals surface area contributed by atoms with Gasteiger partial charge in [-0.1, -0.05) is 0 Å². The summed E-state index contributed by atoms with van der Waals surface area (Å²) < 4.78 is 10.5. The molecule has 26 heavy (non-hydrogen) atoms. The highest BCUT2D eigenvalue weighted by Gasteiger charge is 2.35. The molecule has 1 aliphatic rings. The Hall–Kier alpha value is -2.60. The van der Waals surface area contributed by atoms with Crippen LogP contribution in [0.15, 0.2) is 42.7 Å². The van der Waals surface area contributed by atoms with Gasteiger partial charge in [-0.2, -0.15) is 0 Å². The van der Waals surface area contributed by atoms with Crippen molar-refractivity contribution in [1.29, 1.82) is 0 Å². The zero-order valence-electron chi connectivity index (χ0n) is 15.0. The van der Waals surface area contributed by atoms with Crippen molar-refractivity contribution in [3.63, 3.8) is 0 Å². The first-order valence-corrected chi connectivity index (χ1v) is 8.70. The molecule has 1 amide bonds. The number of aromatic nitrogens is 1.